The molecule has 0 radical (unpaired) electrons. The minimum absolute atomic E-state index is 0.184. The van der Waals surface area contributed by atoms with Crippen LogP contribution in [0, 0.1) is 20.2 Å². The maximum absolute atomic E-state index is 12.3. The summed E-state index contributed by atoms with van der Waals surface area (Å²) in [4.78, 5) is 56.1. The number of unbranched alkanes of at least 4 members (excludes halogenated alkanes) is 1. The number of nitrogens with one attached hydrogen (secondary N) is 1. The highest BCUT2D eigenvalue weighted by Gasteiger charge is 2.34. The molecule has 3 aromatic carbocycles. The second-order valence-corrected chi connectivity index (χ2v) is 9.48. The predicted molar refractivity (Wildman–Crippen MR) is 166 cm³/mol. The van der Waals surface area contributed by atoms with Gasteiger partial charge >= 0.3 is 5.69 Å². The van der Waals surface area contributed by atoms with Crippen molar-refractivity contribution in [2.24, 2.45) is 0 Å². The molecule has 2 amide bonds. The number of non-ortho nitro benzene ring substituents is 1. The molecule has 0 aliphatic carbocycles. The maximum atomic E-state index is 12.3. The molecule has 0 spiro atoms. The number of nitrogens with zero attached hydrogens (tertiary/aromatic N) is 4. The first-order chi connectivity index (χ1) is 20.4. The molecule has 1 aliphatic heterocycles. The van der Waals surface area contributed by atoms with Gasteiger partial charge in [0.2, 0.25) is 0 Å². The summed E-state index contributed by atoms with van der Waals surface area (Å²) < 4.78 is 0. The van der Waals surface area contributed by atoms with Crippen molar-refractivity contribution in [3.8, 4) is 0 Å². The number of carbonyl (C=O) groups excluding carboxylic acids is 3. The highest BCUT2D eigenvalue weighted by molar-refractivity contribution is 6.33. The third kappa shape index (κ3) is 8.63. The topological polar surface area (TPSA) is 208 Å². The van der Waals surface area contributed by atoms with E-state index < -0.39 is 21.2 Å². The molecule has 228 valence electrons. The summed E-state index contributed by atoms with van der Waals surface area (Å²) in [7, 11) is 3.87. The fourth-order valence-corrected chi connectivity index (χ4v) is 4.24. The molecular formula is C28H32ClN7O7. The molecule has 1 heterocycles. The van der Waals surface area contributed by atoms with Crippen molar-refractivity contribution < 1.29 is 24.2 Å². The molecule has 14 nitrogen and oxygen atoms in total. The fourth-order valence-electron chi connectivity index (χ4n) is 4.03. The SMILES string of the molecule is CC=O.CNc1cc(N(C)CCCCN2C(=O)c3ccccc3C2=O)ccc1N.Nc1c(Cl)cc([N+](=O)[O-])cc1[N+](=O)[O-]. The van der Waals surface area contributed by atoms with Crippen molar-refractivity contribution >= 4 is 63.8 Å². The standard InChI is InChI=1S/C20H24N4O2.C6H4ClN3O4.C2H4O/c1-22-18-13-14(9-10-17(18)21)23(2)11-5-6-12-24-19(25)15-7-3-4-8-16(15)20(24)26;7-4-1-3(9(11)12)2-5(6(4)8)10(13)14;1-2-3/h3-4,7-10,13,22H,5-6,11-12,21H2,1-2H3;1-2H,8H2;2H,1H3. The van der Waals surface area contributed by atoms with Crippen molar-refractivity contribution in [3.63, 3.8) is 0 Å². The molecular weight excluding hydrogens is 582 g/mol. The first-order valence-corrected chi connectivity index (χ1v) is 13.3. The first-order valence-electron chi connectivity index (χ1n) is 12.9. The molecule has 0 saturated carbocycles. The molecule has 0 aromatic heterocycles. The number of aldehydes is 1. The predicted octanol–water partition coefficient (Wildman–Crippen LogP) is 4.77. The van der Waals surface area contributed by atoms with Gasteiger partial charge in [-0.1, -0.05) is 23.7 Å². The van der Waals surface area contributed by atoms with Crippen molar-refractivity contribution in [1.29, 1.82) is 0 Å². The minimum atomic E-state index is -0.825. The van der Waals surface area contributed by atoms with Gasteiger partial charge < -0.3 is 26.5 Å². The highest BCUT2D eigenvalue weighted by atomic mass is 35.5. The number of nitro groups is 2. The van der Waals surface area contributed by atoms with E-state index in [2.05, 4.69) is 10.2 Å². The van der Waals surface area contributed by atoms with Crippen LogP contribution in [-0.4, -0.2) is 60.0 Å². The van der Waals surface area contributed by atoms with Gasteiger partial charge in [-0.2, -0.15) is 0 Å². The van der Waals surface area contributed by atoms with Crippen LogP contribution >= 0.6 is 11.6 Å². The zero-order valence-electron chi connectivity index (χ0n) is 23.8. The Morgan fingerprint density at radius 2 is 1.56 bits per heavy atom. The lowest BCUT2D eigenvalue weighted by Gasteiger charge is -2.21. The van der Waals surface area contributed by atoms with E-state index in [1.54, 1.807) is 24.3 Å². The average molecular weight is 614 g/mol. The number of amides is 2. The minimum Gasteiger partial charge on any atom is -0.397 e. The number of rotatable bonds is 9. The van der Waals surface area contributed by atoms with Crippen LogP contribution in [0.15, 0.2) is 54.6 Å². The van der Waals surface area contributed by atoms with Gasteiger partial charge in [0.15, 0.2) is 0 Å². The van der Waals surface area contributed by atoms with E-state index in [1.165, 1.54) is 11.8 Å². The Morgan fingerprint density at radius 1 is 0.977 bits per heavy atom. The number of nitro benzene ring substituents is 2. The molecule has 3 aromatic rings. The summed E-state index contributed by atoms with van der Waals surface area (Å²) in [6.45, 7) is 2.72. The van der Waals surface area contributed by atoms with E-state index in [9.17, 15) is 29.8 Å². The van der Waals surface area contributed by atoms with E-state index >= 15 is 0 Å². The zero-order chi connectivity index (χ0) is 32.3. The molecule has 5 N–H and O–H groups in total. The Kier molecular flexibility index (Phi) is 12.4. The molecule has 0 bridgehead atoms. The van der Waals surface area contributed by atoms with Crippen LogP contribution < -0.4 is 21.7 Å². The lowest BCUT2D eigenvalue weighted by Crippen LogP contribution is -2.31. The first kappa shape index (κ1) is 34.0. The fraction of sp³-hybridized carbons (Fsp3) is 0.250. The molecule has 4 rings (SSSR count). The van der Waals surface area contributed by atoms with Crippen LogP contribution in [0.1, 0.15) is 40.5 Å². The number of carbonyl (C=O) groups is 3. The van der Waals surface area contributed by atoms with E-state index in [-0.39, 0.29) is 22.5 Å². The molecule has 0 unspecified atom stereocenters. The van der Waals surface area contributed by atoms with Crippen molar-refractivity contribution in [2.75, 3.05) is 48.9 Å². The number of hydrogen-bond acceptors (Lipinski definition) is 11. The van der Waals surface area contributed by atoms with Gasteiger partial charge in [-0.3, -0.25) is 34.7 Å². The summed E-state index contributed by atoms with van der Waals surface area (Å²) in [5.74, 6) is -0.368. The second-order valence-electron chi connectivity index (χ2n) is 9.07. The largest absolute Gasteiger partial charge is 0.397 e. The molecule has 43 heavy (non-hydrogen) atoms. The van der Waals surface area contributed by atoms with Crippen LogP contribution in [0.3, 0.4) is 0 Å². The number of hydrogen-bond donors (Lipinski definition) is 3. The quantitative estimate of drug-likeness (QED) is 0.0747. The Labute approximate surface area is 252 Å². The Morgan fingerprint density at radius 3 is 2.07 bits per heavy atom. The smallest absolute Gasteiger partial charge is 0.300 e. The number of fused-ring (bicyclic) bond motifs is 1. The third-order valence-corrected chi connectivity index (χ3v) is 6.56. The molecule has 0 saturated heterocycles. The van der Waals surface area contributed by atoms with Crippen LogP contribution in [0.4, 0.5) is 34.1 Å². The van der Waals surface area contributed by atoms with Crippen LogP contribution in [0.25, 0.3) is 0 Å². The monoisotopic (exact) mass is 613 g/mol. The van der Waals surface area contributed by atoms with Crippen LogP contribution in [-0.2, 0) is 4.79 Å². The summed E-state index contributed by atoms with van der Waals surface area (Å²) in [5.41, 5.74) is 13.6. The number of nitrogens with two attached hydrogens (primary N) is 2. The molecule has 15 heteroatoms. The summed E-state index contributed by atoms with van der Waals surface area (Å²) >= 11 is 5.47. The van der Waals surface area contributed by atoms with E-state index in [1.807, 2.05) is 32.3 Å². The van der Waals surface area contributed by atoms with E-state index in [4.69, 9.17) is 27.9 Å². The second kappa shape index (κ2) is 15.7. The Hall–Kier alpha value is -5.24. The lowest BCUT2D eigenvalue weighted by atomic mass is 10.1. The average Bonchev–Trinajstić information content (AvgIpc) is 3.22. The van der Waals surface area contributed by atoms with Crippen molar-refractivity contribution in [1.82, 2.24) is 4.90 Å². The lowest BCUT2D eigenvalue weighted by molar-refractivity contribution is -0.393. The Balaban J connectivity index is 0.000000320. The van der Waals surface area contributed by atoms with Crippen molar-refractivity contribution in [3.05, 3.63) is 91.0 Å². The van der Waals surface area contributed by atoms with Gasteiger partial charge in [0, 0.05) is 38.9 Å². The summed E-state index contributed by atoms with van der Waals surface area (Å²) in [6.07, 6.45) is 2.40. The van der Waals surface area contributed by atoms with Crippen LogP contribution in [0.5, 0.6) is 0 Å². The number of benzene rings is 3. The third-order valence-electron chi connectivity index (χ3n) is 6.25. The van der Waals surface area contributed by atoms with Crippen molar-refractivity contribution in [2.45, 2.75) is 19.8 Å². The Bertz CT molecular complexity index is 1480. The number of halogens is 1. The van der Waals surface area contributed by atoms with Gasteiger partial charge in [0.1, 0.15) is 12.0 Å². The molecule has 1 aliphatic rings. The molecule has 0 atom stereocenters. The van der Waals surface area contributed by atoms with Crippen LogP contribution in [0.2, 0.25) is 5.02 Å². The normalized spacial score (nSPS) is 11.4. The number of anilines is 4. The molecule has 0 fully saturated rings. The van der Waals surface area contributed by atoms with Gasteiger partial charge in [0.05, 0.1) is 43.4 Å². The van der Waals surface area contributed by atoms with E-state index in [0.29, 0.717) is 17.7 Å². The van der Waals surface area contributed by atoms with Gasteiger partial charge in [-0.15, -0.1) is 0 Å². The van der Waals surface area contributed by atoms with Gasteiger partial charge in [-0.05, 0) is 50.1 Å². The maximum Gasteiger partial charge on any atom is 0.300 e. The zero-order valence-corrected chi connectivity index (χ0v) is 24.5. The number of imide groups is 1. The van der Waals surface area contributed by atoms with E-state index in [0.717, 1.165) is 54.9 Å². The van der Waals surface area contributed by atoms with Gasteiger partial charge in [0.25, 0.3) is 17.5 Å². The summed E-state index contributed by atoms with van der Waals surface area (Å²) in [6, 6.07) is 14.6. The van der Waals surface area contributed by atoms with Gasteiger partial charge in [-0.25, -0.2) is 0 Å². The highest BCUT2D eigenvalue weighted by Crippen LogP contribution is 2.33. The summed E-state index contributed by atoms with van der Waals surface area (Å²) in [5, 5.41) is 23.6. The number of nitrogen functional groups attached to an aromatic ring is 2.